The van der Waals surface area contributed by atoms with E-state index in [1.807, 2.05) is 0 Å². The Kier molecular flexibility index (Phi) is 3.60. The van der Waals surface area contributed by atoms with Crippen molar-refractivity contribution in [1.82, 2.24) is 0 Å². The molecular formula is C15H15ISi. The predicted octanol–water partition coefficient (Wildman–Crippen LogP) is 4.62. The molecule has 0 N–H and O–H groups in total. The average Bonchev–Trinajstić information content (AvgIpc) is 2.43. The molecule has 0 aromatic carbocycles. The molecule has 0 bridgehead atoms. The van der Waals surface area contributed by atoms with Crippen molar-refractivity contribution >= 4 is 30.7 Å². The molecule has 0 unspecified atom stereocenters. The van der Waals surface area contributed by atoms with Crippen LogP contribution in [-0.4, -0.2) is 8.07 Å². The van der Waals surface area contributed by atoms with Gasteiger partial charge in [0, 0.05) is 9.13 Å². The van der Waals surface area contributed by atoms with Crippen LogP contribution in [0.3, 0.4) is 0 Å². The van der Waals surface area contributed by atoms with Gasteiger partial charge in [-0.25, -0.2) is 0 Å². The van der Waals surface area contributed by atoms with Crippen molar-refractivity contribution in [3.8, 4) is 22.6 Å². The first-order chi connectivity index (χ1) is 7.97. The van der Waals surface area contributed by atoms with E-state index in [-0.39, 0.29) is 0 Å². The van der Waals surface area contributed by atoms with E-state index >= 15 is 0 Å². The van der Waals surface area contributed by atoms with Crippen LogP contribution in [0, 0.1) is 15.0 Å². The third-order valence-corrected chi connectivity index (χ3v) is 4.45. The molecule has 0 atom stereocenters. The smallest absolute Gasteiger partial charge is 0.127 e. The normalized spacial score (nSPS) is 11.1. The fraction of sp³-hybridized carbons (Fsp3) is 0.200. The molecule has 0 spiro atoms. The predicted molar refractivity (Wildman–Crippen MR) is 86.0 cm³/mol. The molecule has 17 heavy (non-hydrogen) atoms. The molecule has 0 nitrogen and oxygen atoms in total. The maximum absolute atomic E-state index is 3.43. The van der Waals surface area contributed by atoms with Crippen LogP contribution >= 0.6 is 22.6 Å². The van der Waals surface area contributed by atoms with Gasteiger partial charge < -0.3 is 0 Å². The second-order valence-electron chi connectivity index (χ2n) is 5.15. The van der Waals surface area contributed by atoms with Gasteiger partial charge in [-0.2, -0.15) is 0 Å². The maximum atomic E-state index is 3.43. The van der Waals surface area contributed by atoms with Gasteiger partial charge in [0.25, 0.3) is 0 Å². The van der Waals surface area contributed by atoms with Crippen molar-refractivity contribution in [1.29, 1.82) is 0 Å². The zero-order valence-corrected chi connectivity index (χ0v) is 13.5. The van der Waals surface area contributed by atoms with Crippen LogP contribution < -0.4 is 0 Å². The van der Waals surface area contributed by atoms with Gasteiger partial charge in [0.1, 0.15) is 8.07 Å². The average molecular weight is 350 g/mol. The highest BCUT2D eigenvalue weighted by molar-refractivity contribution is 14.1. The van der Waals surface area contributed by atoms with Crippen molar-refractivity contribution in [3.63, 3.8) is 0 Å². The van der Waals surface area contributed by atoms with Gasteiger partial charge in [0.05, 0.1) is 0 Å². The Labute approximate surface area is 118 Å². The van der Waals surface area contributed by atoms with Gasteiger partial charge in [0.2, 0.25) is 0 Å². The Balaban J connectivity index is 2.53. The zero-order chi connectivity index (χ0) is 12.5. The standard InChI is InChI=1S/C15H15ISi/c1-17(2,3)10-9-13-11-12-7-5-4-6-8-14(12)15(13)16/h4-8,11H,1-3H3. The number of hydrogen-bond donors (Lipinski definition) is 0. The van der Waals surface area contributed by atoms with Crippen molar-refractivity contribution < 1.29 is 0 Å². The fourth-order valence-electron chi connectivity index (χ4n) is 1.60. The minimum atomic E-state index is -1.29. The molecule has 0 aromatic heterocycles. The van der Waals surface area contributed by atoms with Gasteiger partial charge >= 0.3 is 0 Å². The first kappa shape index (κ1) is 12.7. The summed E-state index contributed by atoms with van der Waals surface area (Å²) in [7, 11) is -1.29. The Bertz CT molecular complexity index is 570. The van der Waals surface area contributed by atoms with Crippen molar-refractivity contribution in [2.75, 3.05) is 0 Å². The molecule has 0 aromatic rings. The van der Waals surface area contributed by atoms with Gasteiger partial charge in [0.15, 0.2) is 0 Å². The maximum Gasteiger partial charge on any atom is 0.129 e. The van der Waals surface area contributed by atoms with Gasteiger partial charge in [-0.15, -0.1) is 5.54 Å². The summed E-state index contributed by atoms with van der Waals surface area (Å²) < 4.78 is 1.28. The van der Waals surface area contributed by atoms with Crippen LogP contribution in [0.25, 0.3) is 11.1 Å². The quantitative estimate of drug-likeness (QED) is 0.369. The molecule has 0 radical (unpaired) electrons. The highest BCUT2D eigenvalue weighted by atomic mass is 127. The lowest BCUT2D eigenvalue weighted by Gasteiger charge is -2.02. The van der Waals surface area contributed by atoms with E-state index < -0.39 is 8.07 Å². The molecule has 0 fully saturated rings. The van der Waals surface area contributed by atoms with E-state index in [4.69, 9.17) is 0 Å². The largest absolute Gasteiger partial charge is 0.129 e. The zero-order valence-electron chi connectivity index (χ0n) is 10.3. The molecule has 2 rings (SSSR count). The summed E-state index contributed by atoms with van der Waals surface area (Å²) in [4.78, 5) is 0. The summed E-state index contributed by atoms with van der Waals surface area (Å²) in [6.45, 7) is 6.82. The van der Waals surface area contributed by atoms with Crippen LogP contribution in [0.2, 0.25) is 19.6 Å². The molecule has 2 heteroatoms. The van der Waals surface area contributed by atoms with E-state index in [0.717, 1.165) is 0 Å². The molecule has 0 saturated carbocycles. The van der Waals surface area contributed by atoms with E-state index in [1.165, 1.54) is 20.3 Å². The monoisotopic (exact) mass is 350 g/mol. The van der Waals surface area contributed by atoms with Crippen LogP contribution in [0.15, 0.2) is 36.4 Å². The van der Waals surface area contributed by atoms with Gasteiger partial charge in [-0.05, 0) is 39.8 Å². The lowest BCUT2D eigenvalue weighted by atomic mass is 10.2. The number of hydrogen-bond acceptors (Lipinski definition) is 0. The van der Waals surface area contributed by atoms with Gasteiger partial charge in [-0.1, -0.05) is 55.9 Å². The molecule has 0 saturated heterocycles. The highest BCUT2D eigenvalue weighted by Gasteiger charge is 2.12. The molecule has 0 amide bonds. The molecule has 86 valence electrons. The minimum Gasteiger partial charge on any atom is -0.127 e. The topological polar surface area (TPSA) is 0 Å². The molecule has 2 aliphatic carbocycles. The van der Waals surface area contributed by atoms with E-state index in [0.29, 0.717) is 0 Å². The van der Waals surface area contributed by atoms with Crippen molar-refractivity contribution in [3.05, 3.63) is 45.5 Å². The van der Waals surface area contributed by atoms with Crippen LogP contribution in [0.4, 0.5) is 0 Å². The van der Waals surface area contributed by atoms with Crippen molar-refractivity contribution in [2.45, 2.75) is 19.6 Å². The summed E-state index contributed by atoms with van der Waals surface area (Å²) in [5, 5.41) is 0. The number of rotatable bonds is 0. The summed E-state index contributed by atoms with van der Waals surface area (Å²) in [5.41, 5.74) is 7.19. The van der Waals surface area contributed by atoms with E-state index in [2.05, 4.69) is 90.1 Å². The first-order valence-corrected chi connectivity index (χ1v) is 10.3. The summed E-state index contributed by atoms with van der Waals surface area (Å²) in [6.07, 6.45) is 0. The summed E-state index contributed by atoms with van der Waals surface area (Å²) >= 11 is 2.40. The summed E-state index contributed by atoms with van der Waals surface area (Å²) in [6, 6.07) is 12.7. The van der Waals surface area contributed by atoms with Gasteiger partial charge in [-0.3, -0.25) is 0 Å². The van der Waals surface area contributed by atoms with Crippen molar-refractivity contribution in [2.24, 2.45) is 0 Å². The van der Waals surface area contributed by atoms with Crippen LogP contribution in [0.5, 0.6) is 0 Å². The minimum absolute atomic E-state index is 1.18. The second-order valence-corrected chi connectivity index (χ2v) is 11.0. The van der Waals surface area contributed by atoms with Crippen LogP contribution in [0.1, 0.15) is 5.56 Å². The Morgan fingerprint density at radius 1 is 1.06 bits per heavy atom. The third kappa shape index (κ3) is 3.11. The highest BCUT2D eigenvalue weighted by Crippen LogP contribution is 2.31. The number of halogens is 1. The molecule has 0 heterocycles. The first-order valence-electron chi connectivity index (χ1n) is 5.68. The van der Waals surface area contributed by atoms with E-state index in [9.17, 15) is 0 Å². The lowest BCUT2D eigenvalue weighted by molar-refractivity contribution is 1.74. The molecular weight excluding hydrogens is 335 g/mol. The Morgan fingerprint density at radius 2 is 1.76 bits per heavy atom. The Hall–Kier alpha value is -0.793. The lowest BCUT2D eigenvalue weighted by Crippen LogP contribution is -2.16. The third-order valence-electron chi connectivity index (χ3n) is 2.42. The summed E-state index contributed by atoms with van der Waals surface area (Å²) in [5.74, 6) is 3.36. The second kappa shape index (κ2) is 4.83. The van der Waals surface area contributed by atoms with Crippen LogP contribution in [-0.2, 0) is 0 Å². The molecule has 2 aliphatic rings. The molecule has 0 aliphatic heterocycles. The number of fused-ring (bicyclic) bond motifs is 1. The fourth-order valence-corrected chi connectivity index (χ4v) is 2.89. The van der Waals surface area contributed by atoms with E-state index in [1.54, 1.807) is 0 Å². The Morgan fingerprint density at radius 3 is 2.47 bits per heavy atom. The SMILES string of the molecule is C[Si](C)(C)C#Cc1cc2cccccc-2c1I.